The van der Waals surface area contributed by atoms with Crippen LogP contribution in [0.15, 0.2) is 34.5 Å². The number of hydrogen-bond donors (Lipinski definition) is 1. The molecule has 1 unspecified atom stereocenters. The number of sulfonamides is 1. The fraction of sp³-hybridized carbons (Fsp3) is 0.429. The Kier molecular flexibility index (Phi) is 5.99. The number of ether oxygens (including phenoxy) is 3. The highest BCUT2D eigenvalue weighted by Crippen LogP contribution is 2.37. The van der Waals surface area contributed by atoms with Crippen molar-refractivity contribution in [2.45, 2.75) is 17.2 Å². The number of benzene rings is 1. The average molecular weight is 494 g/mol. The summed E-state index contributed by atoms with van der Waals surface area (Å²) >= 11 is 1.14. The van der Waals surface area contributed by atoms with Gasteiger partial charge < -0.3 is 24.4 Å². The Bertz CT molecular complexity index is 1170. The third-order valence-corrected chi connectivity index (χ3v) is 9.25. The van der Waals surface area contributed by atoms with Crippen LogP contribution < -0.4 is 19.7 Å². The molecule has 1 aromatic heterocycles. The lowest BCUT2D eigenvalue weighted by molar-refractivity contribution is -0.126. The Morgan fingerprint density at radius 2 is 1.91 bits per heavy atom. The highest BCUT2D eigenvalue weighted by atomic mass is 32.2. The summed E-state index contributed by atoms with van der Waals surface area (Å²) < 4.78 is 43.1. The van der Waals surface area contributed by atoms with Crippen LogP contribution in [0.2, 0.25) is 0 Å². The number of nitrogens with one attached hydrogen (secondary N) is 1. The number of morpholine rings is 1. The van der Waals surface area contributed by atoms with Crippen molar-refractivity contribution >= 4 is 38.9 Å². The summed E-state index contributed by atoms with van der Waals surface area (Å²) in [7, 11) is -3.56. The van der Waals surface area contributed by atoms with E-state index in [1.54, 1.807) is 35.2 Å². The number of carbonyl (C=O) groups excluding carboxylic acids is 2. The van der Waals surface area contributed by atoms with Crippen molar-refractivity contribution in [3.05, 3.63) is 35.2 Å². The van der Waals surface area contributed by atoms with Crippen molar-refractivity contribution in [2.24, 2.45) is 5.92 Å². The van der Waals surface area contributed by atoms with Crippen LogP contribution in [0.5, 0.6) is 11.5 Å². The van der Waals surface area contributed by atoms with Crippen molar-refractivity contribution in [1.82, 2.24) is 9.62 Å². The highest BCUT2D eigenvalue weighted by molar-refractivity contribution is 7.91. The minimum Gasteiger partial charge on any atom is -0.454 e. The number of nitrogens with zero attached hydrogens (tertiary/aromatic N) is 2. The first kappa shape index (κ1) is 22.1. The van der Waals surface area contributed by atoms with Gasteiger partial charge in [0.25, 0.3) is 10.0 Å². The molecule has 2 saturated heterocycles. The highest BCUT2D eigenvalue weighted by Gasteiger charge is 2.36. The number of hydrogen-bond acceptors (Lipinski definition) is 8. The summed E-state index contributed by atoms with van der Waals surface area (Å²) in [6.45, 7) is 2.07. The summed E-state index contributed by atoms with van der Waals surface area (Å²) in [6.07, 6.45) is 0.112. The molecule has 4 heterocycles. The Labute approximate surface area is 195 Å². The minimum absolute atomic E-state index is 0.112. The molecular formula is C21H23N3O7S2. The molecule has 5 rings (SSSR count). The second-order valence-electron chi connectivity index (χ2n) is 7.90. The number of fused-ring (bicyclic) bond motifs is 1. The van der Waals surface area contributed by atoms with Gasteiger partial charge in [-0.25, -0.2) is 8.42 Å². The van der Waals surface area contributed by atoms with Crippen LogP contribution in [0.3, 0.4) is 0 Å². The van der Waals surface area contributed by atoms with Gasteiger partial charge in [0.2, 0.25) is 18.6 Å². The third kappa shape index (κ3) is 4.43. The van der Waals surface area contributed by atoms with Gasteiger partial charge in [0.05, 0.1) is 25.7 Å². The smallest absolute Gasteiger partial charge is 0.252 e. The second-order valence-corrected chi connectivity index (χ2v) is 11.2. The van der Waals surface area contributed by atoms with Crippen LogP contribution in [0.1, 0.15) is 11.3 Å². The van der Waals surface area contributed by atoms with Crippen LogP contribution >= 0.6 is 11.3 Å². The van der Waals surface area contributed by atoms with Crippen molar-refractivity contribution in [3.63, 3.8) is 0 Å². The van der Waals surface area contributed by atoms with Gasteiger partial charge in [0.1, 0.15) is 4.21 Å². The molecule has 12 heteroatoms. The van der Waals surface area contributed by atoms with Crippen LogP contribution in [-0.4, -0.2) is 64.2 Å². The van der Waals surface area contributed by atoms with Gasteiger partial charge in [-0.3, -0.25) is 9.59 Å². The summed E-state index contributed by atoms with van der Waals surface area (Å²) in [5.41, 5.74) is 0.663. The van der Waals surface area contributed by atoms with Gasteiger partial charge in [-0.15, -0.1) is 11.3 Å². The van der Waals surface area contributed by atoms with Gasteiger partial charge in [-0.2, -0.15) is 4.31 Å². The molecule has 0 radical (unpaired) electrons. The van der Waals surface area contributed by atoms with Crippen molar-refractivity contribution < 1.29 is 32.2 Å². The van der Waals surface area contributed by atoms with Crippen LogP contribution in [0, 0.1) is 5.92 Å². The predicted molar refractivity (Wildman–Crippen MR) is 119 cm³/mol. The monoisotopic (exact) mass is 493 g/mol. The molecule has 10 nitrogen and oxygen atoms in total. The fourth-order valence-corrected chi connectivity index (χ4v) is 6.87. The standard InChI is InChI=1S/C21H23N3O7S2/c25-19-9-14(12-24(19)15-1-3-17-18(10-15)31-13-30-17)21(26)22-11-16-2-4-20(32-16)33(27,28)23-5-7-29-8-6-23/h1-4,10,14H,5-9,11-13H2,(H,22,26). The Morgan fingerprint density at radius 3 is 2.73 bits per heavy atom. The summed E-state index contributed by atoms with van der Waals surface area (Å²) in [5.74, 6) is 0.348. The molecular weight excluding hydrogens is 470 g/mol. The van der Waals surface area contributed by atoms with Gasteiger partial charge in [0, 0.05) is 42.7 Å². The lowest BCUT2D eigenvalue weighted by Crippen LogP contribution is -2.40. The van der Waals surface area contributed by atoms with E-state index < -0.39 is 15.9 Å². The molecule has 1 N–H and O–H groups in total. The quantitative estimate of drug-likeness (QED) is 0.642. The Hall–Kier alpha value is -2.67. The van der Waals surface area contributed by atoms with E-state index in [1.807, 2.05) is 0 Å². The number of thiophene rings is 1. The van der Waals surface area contributed by atoms with Gasteiger partial charge in [-0.1, -0.05) is 0 Å². The first-order valence-corrected chi connectivity index (χ1v) is 12.8. The van der Waals surface area contributed by atoms with Crippen LogP contribution in [0.4, 0.5) is 5.69 Å². The molecule has 3 aliphatic heterocycles. The van der Waals surface area contributed by atoms with E-state index in [4.69, 9.17) is 14.2 Å². The topological polar surface area (TPSA) is 114 Å². The zero-order valence-corrected chi connectivity index (χ0v) is 19.3. The second kappa shape index (κ2) is 8.93. The largest absolute Gasteiger partial charge is 0.454 e. The number of carbonyl (C=O) groups is 2. The van der Waals surface area contributed by atoms with Crippen molar-refractivity contribution in [3.8, 4) is 11.5 Å². The fourth-order valence-electron chi connectivity index (χ4n) is 4.01. The first-order valence-electron chi connectivity index (χ1n) is 10.6. The Balaban J connectivity index is 1.18. The number of amides is 2. The minimum atomic E-state index is -3.56. The van der Waals surface area contributed by atoms with E-state index in [-0.39, 0.29) is 42.3 Å². The van der Waals surface area contributed by atoms with Gasteiger partial charge >= 0.3 is 0 Å². The van der Waals surface area contributed by atoms with E-state index in [2.05, 4.69) is 5.32 Å². The van der Waals surface area contributed by atoms with E-state index in [0.717, 1.165) is 16.2 Å². The maximum atomic E-state index is 12.8. The Morgan fingerprint density at radius 1 is 1.12 bits per heavy atom. The first-order chi connectivity index (χ1) is 15.9. The number of rotatable bonds is 6. The van der Waals surface area contributed by atoms with E-state index in [0.29, 0.717) is 43.5 Å². The number of anilines is 1. The molecule has 176 valence electrons. The van der Waals surface area contributed by atoms with E-state index in [1.165, 1.54) is 4.31 Å². The summed E-state index contributed by atoms with van der Waals surface area (Å²) in [4.78, 5) is 27.5. The van der Waals surface area contributed by atoms with Crippen LogP contribution in [0.25, 0.3) is 0 Å². The summed E-state index contributed by atoms with van der Waals surface area (Å²) in [5, 5.41) is 2.84. The molecule has 0 bridgehead atoms. The maximum Gasteiger partial charge on any atom is 0.252 e. The molecule has 0 spiro atoms. The third-order valence-electron chi connectivity index (χ3n) is 5.80. The molecule has 0 aliphatic carbocycles. The molecule has 2 amide bonds. The molecule has 0 saturated carbocycles. The summed E-state index contributed by atoms with van der Waals surface area (Å²) in [6, 6.07) is 8.53. The normalized spacial score (nSPS) is 20.9. The van der Waals surface area contributed by atoms with E-state index >= 15 is 0 Å². The van der Waals surface area contributed by atoms with Crippen LogP contribution in [-0.2, 0) is 30.9 Å². The lowest BCUT2D eigenvalue weighted by Gasteiger charge is -2.25. The molecule has 1 atom stereocenters. The molecule has 2 aromatic rings. The van der Waals surface area contributed by atoms with Crippen molar-refractivity contribution in [2.75, 3.05) is 44.5 Å². The average Bonchev–Trinajstić information content (AvgIpc) is 3.57. The molecule has 3 aliphatic rings. The van der Waals surface area contributed by atoms with Gasteiger partial charge in [-0.05, 0) is 24.3 Å². The zero-order chi connectivity index (χ0) is 23.0. The molecule has 33 heavy (non-hydrogen) atoms. The zero-order valence-electron chi connectivity index (χ0n) is 17.7. The van der Waals surface area contributed by atoms with E-state index in [9.17, 15) is 18.0 Å². The predicted octanol–water partition coefficient (Wildman–Crippen LogP) is 1.17. The molecule has 2 fully saturated rings. The molecule has 1 aromatic carbocycles. The van der Waals surface area contributed by atoms with Crippen molar-refractivity contribution in [1.29, 1.82) is 0 Å². The maximum absolute atomic E-state index is 12.8. The lowest BCUT2D eigenvalue weighted by atomic mass is 10.1. The van der Waals surface area contributed by atoms with Gasteiger partial charge in [0.15, 0.2) is 11.5 Å². The SMILES string of the molecule is O=C(NCc1ccc(S(=O)(=O)N2CCOCC2)s1)C1CC(=O)N(c2ccc3c(c2)OCO3)C1.